The molecule has 6 heteroatoms. The number of ether oxygens (including phenoxy) is 1. The maximum absolute atomic E-state index is 12.6. The van der Waals surface area contributed by atoms with Crippen LogP contribution in [0.2, 0.25) is 0 Å². The molecule has 3 fully saturated rings. The van der Waals surface area contributed by atoms with Crippen molar-refractivity contribution in [2.24, 2.45) is 17.8 Å². The zero-order chi connectivity index (χ0) is 32.0. The second kappa shape index (κ2) is 18.8. The lowest BCUT2D eigenvalue weighted by Gasteiger charge is -2.33. The summed E-state index contributed by atoms with van der Waals surface area (Å²) in [5.74, 6) is 3.55. The van der Waals surface area contributed by atoms with Crippen LogP contribution in [0.4, 0.5) is 0 Å². The number of nitrogens with one attached hydrogen (secondary N) is 1. The number of benzene rings is 2. The Morgan fingerprint density at radius 3 is 1.80 bits per heavy atom. The Morgan fingerprint density at radius 2 is 1.26 bits per heavy atom. The number of amides is 1. The van der Waals surface area contributed by atoms with Crippen molar-refractivity contribution in [1.29, 1.82) is 0 Å². The van der Waals surface area contributed by atoms with Gasteiger partial charge in [0.15, 0.2) is 0 Å². The highest BCUT2D eigenvalue weighted by Crippen LogP contribution is 2.29. The van der Waals surface area contributed by atoms with Crippen LogP contribution in [-0.4, -0.2) is 80.6 Å². The first-order valence-corrected chi connectivity index (χ1v) is 18.7. The van der Waals surface area contributed by atoms with Crippen LogP contribution in [0.5, 0.6) is 5.75 Å². The molecule has 0 unspecified atom stereocenters. The van der Waals surface area contributed by atoms with Gasteiger partial charge < -0.3 is 15.0 Å². The molecule has 5 rings (SSSR count). The van der Waals surface area contributed by atoms with Crippen LogP contribution >= 0.6 is 0 Å². The number of hydrogen-bond acceptors (Lipinski definition) is 5. The first-order valence-electron chi connectivity index (χ1n) is 18.7. The Bertz CT molecular complexity index is 1130. The molecule has 254 valence electrons. The van der Waals surface area contributed by atoms with Crippen molar-refractivity contribution >= 4 is 5.91 Å². The lowest BCUT2D eigenvalue weighted by Crippen LogP contribution is -2.34. The molecule has 1 N–H and O–H groups in total. The third-order valence-corrected chi connectivity index (χ3v) is 10.9. The second-order valence-corrected chi connectivity index (χ2v) is 14.9. The summed E-state index contributed by atoms with van der Waals surface area (Å²) in [6.45, 7) is 9.62. The molecule has 0 aromatic heterocycles. The van der Waals surface area contributed by atoms with Gasteiger partial charge in [-0.15, -0.1) is 0 Å². The van der Waals surface area contributed by atoms with Gasteiger partial charge in [-0.1, -0.05) is 62.8 Å². The van der Waals surface area contributed by atoms with E-state index in [0.717, 1.165) is 62.4 Å². The van der Waals surface area contributed by atoms with Gasteiger partial charge in [0.2, 0.25) is 0 Å². The molecule has 2 aromatic carbocycles. The minimum Gasteiger partial charge on any atom is -0.494 e. The van der Waals surface area contributed by atoms with E-state index in [1.165, 1.54) is 114 Å². The van der Waals surface area contributed by atoms with Gasteiger partial charge in [-0.25, -0.2) is 0 Å². The normalized spacial score (nSPS) is 19.5. The summed E-state index contributed by atoms with van der Waals surface area (Å²) in [5, 5.41) is 3.18. The first kappa shape index (κ1) is 34.9. The van der Waals surface area contributed by atoms with Gasteiger partial charge in [0.1, 0.15) is 5.75 Å². The molecule has 2 heterocycles. The summed E-state index contributed by atoms with van der Waals surface area (Å²) in [4.78, 5) is 20.1. The van der Waals surface area contributed by atoms with Gasteiger partial charge in [0.25, 0.3) is 5.91 Å². The Labute approximate surface area is 280 Å². The predicted molar refractivity (Wildman–Crippen MR) is 190 cm³/mol. The van der Waals surface area contributed by atoms with E-state index in [2.05, 4.69) is 70.5 Å². The average molecular weight is 631 g/mol. The van der Waals surface area contributed by atoms with E-state index in [1.807, 2.05) is 12.1 Å². The van der Waals surface area contributed by atoms with Crippen molar-refractivity contribution < 1.29 is 9.53 Å². The summed E-state index contributed by atoms with van der Waals surface area (Å²) in [6, 6.07) is 17.1. The van der Waals surface area contributed by atoms with Crippen molar-refractivity contribution in [2.45, 2.75) is 96.6 Å². The van der Waals surface area contributed by atoms with E-state index in [4.69, 9.17) is 4.74 Å². The molecule has 1 saturated carbocycles. The number of piperidine rings is 2. The lowest BCUT2D eigenvalue weighted by molar-refractivity contribution is 0.0943. The fourth-order valence-corrected chi connectivity index (χ4v) is 7.83. The quantitative estimate of drug-likeness (QED) is 0.193. The fourth-order valence-electron chi connectivity index (χ4n) is 7.83. The van der Waals surface area contributed by atoms with Crippen LogP contribution in [0.1, 0.15) is 105 Å². The predicted octanol–water partition coefficient (Wildman–Crippen LogP) is 7.62. The molecule has 3 aliphatic rings. The van der Waals surface area contributed by atoms with Crippen LogP contribution in [0.15, 0.2) is 48.5 Å². The van der Waals surface area contributed by atoms with Crippen molar-refractivity contribution in [2.75, 3.05) is 60.0 Å². The van der Waals surface area contributed by atoms with E-state index in [-0.39, 0.29) is 5.91 Å². The average Bonchev–Trinajstić information content (AvgIpc) is 3.08. The van der Waals surface area contributed by atoms with E-state index < -0.39 is 0 Å². The van der Waals surface area contributed by atoms with Gasteiger partial charge in [-0.2, -0.15) is 0 Å². The standard InChI is InChI=1S/C40H62N4O2/c1-42(2)24-7-29-46-39-18-14-37(15-19-39)32-44-27-22-34(23-28-44)11-6-10-33-20-25-43(26-21-33)31-36-12-16-38(17-13-36)40(45)41-30-35-8-4-3-5-9-35/h12-19,33-35H,3-11,20-32H2,1-2H3,(H,41,45). The Kier molecular flexibility index (Phi) is 14.3. The van der Waals surface area contributed by atoms with E-state index in [9.17, 15) is 4.79 Å². The number of rotatable bonds is 16. The molecular formula is C40H62N4O2. The van der Waals surface area contributed by atoms with Crippen LogP contribution in [0.25, 0.3) is 0 Å². The maximum atomic E-state index is 12.6. The zero-order valence-corrected chi connectivity index (χ0v) is 29.1. The molecule has 0 spiro atoms. The molecule has 0 bridgehead atoms. The summed E-state index contributed by atoms with van der Waals surface area (Å²) in [7, 11) is 4.21. The SMILES string of the molecule is CN(C)CCCOc1ccc(CN2CCC(CCCC3CCN(Cc4ccc(C(=O)NCC5CCCCC5)cc4)CC3)CC2)cc1. The minimum atomic E-state index is 0.0853. The van der Waals surface area contributed by atoms with Gasteiger partial charge in [0, 0.05) is 31.7 Å². The maximum Gasteiger partial charge on any atom is 0.251 e. The van der Waals surface area contributed by atoms with E-state index in [1.54, 1.807) is 0 Å². The number of carbonyl (C=O) groups excluding carboxylic acids is 1. The largest absolute Gasteiger partial charge is 0.494 e. The smallest absolute Gasteiger partial charge is 0.251 e. The van der Waals surface area contributed by atoms with Gasteiger partial charge in [-0.3, -0.25) is 14.6 Å². The summed E-state index contributed by atoms with van der Waals surface area (Å²) in [5.41, 5.74) is 3.52. The van der Waals surface area contributed by atoms with Gasteiger partial charge >= 0.3 is 0 Å². The molecule has 1 amide bonds. The van der Waals surface area contributed by atoms with Crippen molar-refractivity contribution in [3.05, 3.63) is 65.2 Å². The van der Waals surface area contributed by atoms with E-state index >= 15 is 0 Å². The second-order valence-electron chi connectivity index (χ2n) is 14.9. The topological polar surface area (TPSA) is 48.1 Å². The Balaban J connectivity index is 0.900. The number of nitrogens with zero attached hydrogens (tertiary/aromatic N) is 3. The number of carbonyl (C=O) groups is 1. The highest BCUT2D eigenvalue weighted by molar-refractivity contribution is 5.94. The number of hydrogen-bond donors (Lipinski definition) is 1. The summed E-state index contributed by atoms with van der Waals surface area (Å²) < 4.78 is 5.90. The monoisotopic (exact) mass is 630 g/mol. The lowest BCUT2D eigenvalue weighted by atomic mass is 9.86. The molecule has 2 aliphatic heterocycles. The first-order chi connectivity index (χ1) is 22.5. The molecule has 46 heavy (non-hydrogen) atoms. The zero-order valence-electron chi connectivity index (χ0n) is 29.1. The highest BCUT2D eigenvalue weighted by Gasteiger charge is 2.22. The third-order valence-electron chi connectivity index (χ3n) is 10.9. The highest BCUT2D eigenvalue weighted by atomic mass is 16.5. The summed E-state index contributed by atoms with van der Waals surface area (Å²) in [6.07, 6.45) is 17.2. The van der Waals surface area contributed by atoms with Crippen molar-refractivity contribution in [3.63, 3.8) is 0 Å². The van der Waals surface area contributed by atoms with Gasteiger partial charge in [0.05, 0.1) is 6.61 Å². The van der Waals surface area contributed by atoms with Crippen LogP contribution < -0.4 is 10.1 Å². The molecular weight excluding hydrogens is 568 g/mol. The molecule has 1 aliphatic carbocycles. The van der Waals surface area contributed by atoms with Crippen molar-refractivity contribution in [1.82, 2.24) is 20.0 Å². The Hall–Kier alpha value is -2.41. The van der Waals surface area contributed by atoms with E-state index in [0.29, 0.717) is 5.92 Å². The molecule has 0 radical (unpaired) electrons. The fraction of sp³-hybridized carbons (Fsp3) is 0.675. The van der Waals surface area contributed by atoms with Crippen molar-refractivity contribution in [3.8, 4) is 5.75 Å². The molecule has 2 aromatic rings. The molecule has 0 atom stereocenters. The van der Waals surface area contributed by atoms with Crippen LogP contribution in [0.3, 0.4) is 0 Å². The summed E-state index contributed by atoms with van der Waals surface area (Å²) >= 11 is 0. The Morgan fingerprint density at radius 1 is 0.717 bits per heavy atom. The molecule has 6 nitrogen and oxygen atoms in total. The van der Waals surface area contributed by atoms with Crippen LogP contribution in [-0.2, 0) is 13.1 Å². The molecule has 2 saturated heterocycles. The van der Waals surface area contributed by atoms with Crippen LogP contribution in [0, 0.1) is 17.8 Å². The number of likely N-dealkylation sites (tertiary alicyclic amines) is 2. The third kappa shape index (κ3) is 12.0. The van der Waals surface area contributed by atoms with Gasteiger partial charge in [-0.05, 0) is 138 Å². The minimum absolute atomic E-state index is 0.0853.